The summed E-state index contributed by atoms with van der Waals surface area (Å²) in [6.07, 6.45) is 1.23. The van der Waals surface area contributed by atoms with Crippen LogP contribution in [0.4, 0.5) is 10.5 Å². The van der Waals surface area contributed by atoms with Crippen LogP contribution in [0.1, 0.15) is 25.0 Å². The Balaban J connectivity index is 2.36. The van der Waals surface area contributed by atoms with E-state index in [-0.39, 0.29) is 12.2 Å². The highest BCUT2D eigenvalue weighted by Crippen LogP contribution is 2.24. The zero-order chi connectivity index (χ0) is 15.9. The van der Waals surface area contributed by atoms with Gasteiger partial charge in [-0.25, -0.2) is 4.79 Å². The van der Waals surface area contributed by atoms with E-state index in [1.807, 2.05) is 68.4 Å². The number of ether oxygens (including phenoxy) is 1. The second-order valence-electron chi connectivity index (χ2n) is 5.27. The van der Waals surface area contributed by atoms with Crippen molar-refractivity contribution in [1.29, 1.82) is 0 Å². The molecule has 0 aliphatic rings. The number of anilines is 1. The van der Waals surface area contributed by atoms with Gasteiger partial charge in [-0.15, -0.1) is 0 Å². The molecule has 0 fully saturated rings. The average Bonchev–Trinajstić information content (AvgIpc) is 2.53. The summed E-state index contributed by atoms with van der Waals surface area (Å²) in [6.45, 7) is 7.97. The molecule has 3 heteroatoms. The quantitative estimate of drug-likeness (QED) is 0.786. The predicted molar refractivity (Wildman–Crippen MR) is 90.8 cm³/mol. The zero-order valence-electron chi connectivity index (χ0n) is 13.0. The van der Waals surface area contributed by atoms with Crippen molar-refractivity contribution in [1.82, 2.24) is 0 Å². The molecule has 1 amide bonds. The number of rotatable bonds is 5. The van der Waals surface area contributed by atoms with Gasteiger partial charge in [0.05, 0.1) is 18.3 Å². The summed E-state index contributed by atoms with van der Waals surface area (Å²) in [5, 5.41) is 0. The van der Waals surface area contributed by atoms with Crippen LogP contribution in [0.5, 0.6) is 0 Å². The first kappa shape index (κ1) is 15.8. The number of carbonyl (C=O) groups excluding carboxylic acids is 1. The normalized spacial score (nSPS) is 10.3. The van der Waals surface area contributed by atoms with Gasteiger partial charge >= 0.3 is 6.09 Å². The van der Waals surface area contributed by atoms with E-state index in [0.29, 0.717) is 6.54 Å². The largest absolute Gasteiger partial charge is 0.446 e. The van der Waals surface area contributed by atoms with Crippen LogP contribution in [0.15, 0.2) is 61.2 Å². The van der Waals surface area contributed by atoms with Crippen molar-refractivity contribution in [3.8, 4) is 0 Å². The van der Waals surface area contributed by atoms with Crippen molar-refractivity contribution in [3.05, 3.63) is 72.3 Å². The average molecular weight is 295 g/mol. The number of benzene rings is 2. The number of carbonyl (C=O) groups is 1. The molecular formula is C19H21NO2. The van der Waals surface area contributed by atoms with E-state index in [9.17, 15) is 4.79 Å². The molecule has 0 aliphatic heterocycles. The molecule has 2 aromatic rings. The third-order valence-corrected chi connectivity index (χ3v) is 3.19. The standard InChI is InChI=1S/C19H21NO2/c1-4-17-12-8-9-13-18(17)20(19(21)22-15(2)3)14-16-10-6-5-7-11-16/h4-13,15H,1,14H2,2-3H3. The summed E-state index contributed by atoms with van der Waals surface area (Å²) in [6, 6.07) is 17.5. The summed E-state index contributed by atoms with van der Waals surface area (Å²) in [4.78, 5) is 14.1. The van der Waals surface area contributed by atoms with Crippen LogP contribution in [0.2, 0.25) is 0 Å². The first-order valence-electron chi connectivity index (χ1n) is 7.35. The number of nitrogens with zero attached hydrogens (tertiary/aromatic N) is 1. The molecule has 22 heavy (non-hydrogen) atoms. The number of para-hydroxylation sites is 1. The Bertz CT molecular complexity index is 635. The van der Waals surface area contributed by atoms with Gasteiger partial charge < -0.3 is 4.74 Å². The Kier molecular flexibility index (Phi) is 5.37. The second-order valence-corrected chi connectivity index (χ2v) is 5.27. The molecule has 2 aromatic carbocycles. The van der Waals surface area contributed by atoms with E-state index < -0.39 is 0 Å². The van der Waals surface area contributed by atoms with E-state index >= 15 is 0 Å². The lowest BCUT2D eigenvalue weighted by atomic mass is 10.1. The maximum absolute atomic E-state index is 12.5. The number of amides is 1. The molecule has 114 valence electrons. The molecule has 0 aliphatic carbocycles. The van der Waals surface area contributed by atoms with E-state index in [2.05, 4.69) is 6.58 Å². The summed E-state index contributed by atoms with van der Waals surface area (Å²) in [5.74, 6) is 0. The van der Waals surface area contributed by atoms with Crippen LogP contribution in [0.3, 0.4) is 0 Å². The maximum atomic E-state index is 12.5. The summed E-state index contributed by atoms with van der Waals surface area (Å²) >= 11 is 0. The van der Waals surface area contributed by atoms with Crippen LogP contribution in [0, 0.1) is 0 Å². The lowest BCUT2D eigenvalue weighted by Gasteiger charge is -2.25. The van der Waals surface area contributed by atoms with Crippen molar-refractivity contribution in [2.45, 2.75) is 26.5 Å². The predicted octanol–water partition coefficient (Wildman–Crippen LogP) is 4.88. The van der Waals surface area contributed by atoms with E-state index in [1.54, 1.807) is 11.0 Å². The Labute approximate surface area is 131 Å². The fourth-order valence-corrected chi connectivity index (χ4v) is 2.19. The molecule has 0 unspecified atom stereocenters. The Morgan fingerprint density at radius 3 is 2.41 bits per heavy atom. The SMILES string of the molecule is C=Cc1ccccc1N(Cc1ccccc1)C(=O)OC(C)C. The number of hydrogen-bond donors (Lipinski definition) is 0. The minimum atomic E-state index is -0.354. The molecule has 0 heterocycles. The molecule has 0 saturated carbocycles. The summed E-state index contributed by atoms with van der Waals surface area (Å²) in [7, 11) is 0. The fraction of sp³-hybridized carbons (Fsp3) is 0.211. The van der Waals surface area contributed by atoms with Crippen LogP contribution in [0.25, 0.3) is 6.08 Å². The lowest BCUT2D eigenvalue weighted by Crippen LogP contribution is -2.33. The highest BCUT2D eigenvalue weighted by molar-refractivity contribution is 5.90. The Morgan fingerprint density at radius 1 is 1.14 bits per heavy atom. The molecule has 3 nitrogen and oxygen atoms in total. The van der Waals surface area contributed by atoms with Gasteiger partial charge in [-0.3, -0.25) is 4.90 Å². The molecule has 0 radical (unpaired) electrons. The van der Waals surface area contributed by atoms with Crippen molar-refractivity contribution in [2.75, 3.05) is 4.90 Å². The second kappa shape index (κ2) is 7.46. The first-order chi connectivity index (χ1) is 10.6. The van der Waals surface area contributed by atoms with Crippen molar-refractivity contribution in [3.63, 3.8) is 0 Å². The van der Waals surface area contributed by atoms with Crippen LogP contribution < -0.4 is 4.90 Å². The Morgan fingerprint density at radius 2 is 1.77 bits per heavy atom. The van der Waals surface area contributed by atoms with E-state index in [0.717, 1.165) is 16.8 Å². The molecule has 0 saturated heterocycles. The van der Waals surface area contributed by atoms with E-state index in [4.69, 9.17) is 4.74 Å². The van der Waals surface area contributed by atoms with Gasteiger partial charge in [0, 0.05) is 0 Å². The molecule has 0 N–H and O–H groups in total. The Hall–Kier alpha value is -2.55. The molecular weight excluding hydrogens is 274 g/mol. The van der Waals surface area contributed by atoms with Gasteiger partial charge in [0.1, 0.15) is 0 Å². The number of hydrogen-bond acceptors (Lipinski definition) is 2. The van der Waals surface area contributed by atoms with Crippen LogP contribution >= 0.6 is 0 Å². The summed E-state index contributed by atoms with van der Waals surface area (Å²) in [5.41, 5.74) is 2.74. The maximum Gasteiger partial charge on any atom is 0.414 e. The lowest BCUT2D eigenvalue weighted by molar-refractivity contribution is 0.122. The van der Waals surface area contributed by atoms with Gasteiger partial charge in [0.2, 0.25) is 0 Å². The third kappa shape index (κ3) is 3.98. The van der Waals surface area contributed by atoms with Crippen molar-refractivity contribution < 1.29 is 9.53 Å². The first-order valence-corrected chi connectivity index (χ1v) is 7.35. The van der Waals surface area contributed by atoms with Gasteiger partial charge in [-0.1, -0.05) is 61.2 Å². The van der Waals surface area contributed by atoms with Crippen molar-refractivity contribution in [2.24, 2.45) is 0 Å². The highest BCUT2D eigenvalue weighted by Gasteiger charge is 2.20. The minimum absolute atomic E-state index is 0.165. The van der Waals surface area contributed by atoms with Crippen molar-refractivity contribution >= 4 is 17.9 Å². The van der Waals surface area contributed by atoms with Gasteiger partial charge in [0.15, 0.2) is 0 Å². The molecule has 0 atom stereocenters. The molecule has 0 aromatic heterocycles. The fourth-order valence-electron chi connectivity index (χ4n) is 2.19. The summed E-state index contributed by atoms with van der Waals surface area (Å²) < 4.78 is 5.39. The minimum Gasteiger partial charge on any atom is -0.446 e. The van der Waals surface area contributed by atoms with Crippen LogP contribution in [-0.4, -0.2) is 12.2 Å². The van der Waals surface area contributed by atoms with Gasteiger partial charge in [0.25, 0.3) is 0 Å². The van der Waals surface area contributed by atoms with E-state index in [1.165, 1.54) is 0 Å². The monoisotopic (exact) mass is 295 g/mol. The smallest absolute Gasteiger partial charge is 0.414 e. The van der Waals surface area contributed by atoms with Gasteiger partial charge in [-0.2, -0.15) is 0 Å². The highest BCUT2D eigenvalue weighted by atomic mass is 16.6. The molecule has 0 spiro atoms. The third-order valence-electron chi connectivity index (χ3n) is 3.19. The topological polar surface area (TPSA) is 29.5 Å². The van der Waals surface area contributed by atoms with Crippen LogP contribution in [-0.2, 0) is 11.3 Å². The molecule has 2 rings (SSSR count). The zero-order valence-corrected chi connectivity index (χ0v) is 13.0. The molecule has 0 bridgehead atoms. The van der Waals surface area contributed by atoms with Gasteiger partial charge in [-0.05, 0) is 31.0 Å².